The van der Waals surface area contributed by atoms with Gasteiger partial charge in [-0.25, -0.2) is 0 Å². The molecule has 62 valence electrons. The Hall–Kier alpha value is -1.24. The summed E-state index contributed by atoms with van der Waals surface area (Å²) in [4.78, 5) is 0. The number of allylic oxidation sites excluding steroid dienone is 8. The predicted molar refractivity (Wildman–Crippen MR) is 51.6 cm³/mol. The Morgan fingerprint density at radius 2 is 2.25 bits per heavy atom. The van der Waals surface area contributed by atoms with Crippen LogP contribution in [0.5, 0.6) is 0 Å². The van der Waals surface area contributed by atoms with Crippen molar-refractivity contribution >= 4 is 0 Å². The van der Waals surface area contributed by atoms with Crippen LogP contribution in [0.1, 0.15) is 6.42 Å². The van der Waals surface area contributed by atoms with Crippen molar-refractivity contribution in [1.82, 2.24) is 5.32 Å². The molecule has 0 saturated heterocycles. The minimum atomic E-state index is 0.599. The Morgan fingerprint density at radius 3 is 3.08 bits per heavy atom. The molecule has 0 unspecified atom stereocenters. The average molecular weight is 159 g/mol. The number of hydrogen-bond acceptors (Lipinski definition) is 1. The van der Waals surface area contributed by atoms with Crippen LogP contribution in [0.25, 0.3) is 0 Å². The van der Waals surface area contributed by atoms with Gasteiger partial charge < -0.3 is 5.32 Å². The molecular weight excluding hydrogens is 146 g/mol. The number of hydrogen-bond donors (Lipinski definition) is 1. The minimum absolute atomic E-state index is 0.599. The highest BCUT2D eigenvalue weighted by molar-refractivity contribution is 5.39. The van der Waals surface area contributed by atoms with E-state index in [1.54, 1.807) is 0 Å². The van der Waals surface area contributed by atoms with Crippen LogP contribution in [0.4, 0.5) is 0 Å². The first-order chi connectivity index (χ1) is 5.90. The Bertz CT molecular complexity index is 292. The molecular formula is C11H13N. The average Bonchev–Trinajstić information content (AvgIpc) is 2.17. The summed E-state index contributed by atoms with van der Waals surface area (Å²) < 4.78 is 0. The van der Waals surface area contributed by atoms with E-state index in [0.717, 1.165) is 6.42 Å². The fourth-order valence-corrected chi connectivity index (χ4v) is 1.65. The van der Waals surface area contributed by atoms with Crippen molar-refractivity contribution in [2.24, 2.45) is 5.92 Å². The van der Waals surface area contributed by atoms with Crippen molar-refractivity contribution in [3.05, 3.63) is 47.7 Å². The van der Waals surface area contributed by atoms with E-state index in [0.29, 0.717) is 5.92 Å². The van der Waals surface area contributed by atoms with Crippen molar-refractivity contribution < 1.29 is 0 Å². The van der Waals surface area contributed by atoms with Gasteiger partial charge in [0.05, 0.1) is 0 Å². The molecule has 0 aromatic heterocycles. The van der Waals surface area contributed by atoms with Crippen LogP contribution in [-0.4, -0.2) is 7.05 Å². The van der Waals surface area contributed by atoms with E-state index in [4.69, 9.17) is 0 Å². The molecule has 1 atom stereocenters. The third-order valence-electron chi connectivity index (χ3n) is 2.41. The van der Waals surface area contributed by atoms with E-state index in [1.807, 2.05) is 7.05 Å². The summed E-state index contributed by atoms with van der Waals surface area (Å²) in [5.41, 5.74) is 2.75. The number of fused-ring (bicyclic) bond motifs is 1. The lowest BCUT2D eigenvalue weighted by molar-refractivity contribution is 0.702. The van der Waals surface area contributed by atoms with E-state index in [-0.39, 0.29) is 0 Å². The molecule has 0 spiro atoms. The molecule has 0 aliphatic heterocycles. The molecule has 0 amide bonds. The first-order valence-corrected chi connectivity index (χ1v) is 4.33. The number of rotatable bonds is 1. The van der Waals surface area contributed by atoms with Gasteiger partial charge in [0.1, 0.15) is 0 Å². The van der Waals surface area contributed by atoms with Gasteiger partial charge in [-0.1, -0.05) is 30.4 Å². The molecule has 12 heavy (non-hydrogen) atoms. The summed E-state index contributed by atoms with van der Waals surface area (Å²) in [5, 5.41) is 3.20. The zero-order chi connectivity index (χ0) is 8.39. The molecule has 0 radical (unpaired) electrons. The fourth-order valence-electron chi connectivity index (χ4n) is 1.65. The van der Waals surface area contributed by atoms with E-state index in [9.17, 15) is 0 Å². The maximum Gasteiger partial charge on any atom is 0.0113 e. The summed E-state index contributed by atoms with van der Waals surface area (Å²) in [7, 11) is 1.98. The Morgan fingerprint density at radius 1 is 1.33 bits per heavy atom. The highest BCUT2D eigenvalue weighted by Crippen LogP contribution is 2.28. The zero-order valence-electron chi connectivity index (χ0n) is 7.25. The normalized spacial score (nSPS) is 25.9. The van der Waals surface area contributed by atoms with Crippen molar-refractivity contribution in [3.8, 4) is 0 Å². The topological polar surface area (TPSA) is 12.0 Å². The van der Waals surface area contributed by atoms with Crippen molar-refractivity contribution in [1.29, 1.82) is 0 Å². The summed E-state index contributed by atoms with van der Waals surface area (Å²) in [6, 6.07) is 0. The van der Waals surface area contributed by atoms with E-state index in [2.05, 4.69) is 41.8 Å². The lowest BCUT2D eigenvalue weighted by atomic mass is 9.87. The summed E-state index contributed by atoms with van der Waals surface area (Å²) in [5.74, 6) is 0.599. The molecule has 0 fully saturated rings. The van der Waals surface area contributed by atoms with Crippen LogP contribution in [0.2, 0.25) is 0 Å². The third kappa shape index (κ3) is 1.22. The van der Waals surface area contributed by atoms with E-state index < -0.39 is 0 Å². The van der Waals surface area contributed by atoms with E-state index >= 15 is 0 Å². The second-order valence-corrected chi connectivity index (χ2v) is 3.16. The molecule has 0 heterocycles. The molecule has 1 heteroatoms. The quantitative estimate of drug-likeness (QED) is 0.618. The SMILES string of the molecule is CNC1=CC=C2C=CC=C[C@@H]2C1. The van der Waals surface area contributed by atoms with Crippen LogP contribution in [-0.2, 0) is 0 Å². The highest BCUT2D eigenvalue weighted by atomic mass is 14.8. The maximum absolute atomic E-state index is 3.20. The second kappa shape index (κ2) is 3.02. The highest BCUT2D eigenvalue weighted by Gasteiger charge is 2.15. The molecule has 2 aliphatic carbocycles. The molecule has 2 aliphatic rings. The van der Waals surface area contributed by atoms with Gasteiger partial charge in [-0.15, -0.1) is 0 Å². The molecule has 0 aromatic carbocycles. The fraction of sp³-hybridized carbons (Fsp3) is 0.273. The minimum Gasteiger partial charge on any atom is -0.391 e. The van der Waals surface area contributed by atoms with E-state index in [1.165, 1.54) is 11.3 Å². The largest absolute Gasteiger partial charge is 0.391 e. The Balaban J connectivity index is 2.25. The van der Waals surface area contributed by atoms with Crippen molar-refractivity contribution in [2.75, 3.05) is 7.05 Å². The first kappa shape index (κ1) is 7.41. The van der Waals surface area contributed by atoms with Gasteiger partial charge in [-0.3, -0.25) is 0 Å². The number of nitrogens with one attached hydrogen (secondary N) is 1. The lowest BCUT2D eigenvalue weighted by Gasteiger charge is -2.21. The van der Waals surface area contributed by atoms with Crippen LogP contribution < -0.4 is 5.32 Å². The zero-order valence-corrected chi connectivity index (χ0v) is 7.25. The molecule has 0 bridgehead atoms. The monoisotopic (exact) mass is 159 g/mol. The lowest BCUT2D eigenvalue weighted by Crippen LogP contribution is -2.14. The maximum atomic E-state index is 3.20. The van der Waals surface area contributed by atoms with Crippen LogP contribution >= 0.6 is 0 Å². The summed E-state index contributed by atoms with van der Waals surface area (Å²) in [6.07, 6.45) is 14.1. The van der Waals surface area contributed by atoms with Gasteiger partial charge in [0.15, 0.2) is 0 Å². The van der Waals surface area contributed by atoms with Crippen molar-refractivity contribution in [2.45, 2.75) is 6.42 Å². The van der Waals surface area contributed by atoms with Crippen LogP contribution in [0, 0.1) is 5.92 Å². The first-order valence-electron chi connectivity index (χ1n) is 4.33. The molecule has 2 rings (SSSR count). The van der Waals surface area contributed by atoms with Gasteiger partial charge in [0.2, 0.25) is 0 Å². The van der Waals surface area contributed by atoms with Gasteiger partial charge >= 0.3 is 0 Å². The van der Waals surface area contributed by atoms with Gasteiger partial charge in [-0.2, -0.15) is 0 Å². The standard InChI is InChI=1S/C11H13N/c1-12-11-7-6-9-4-2-3-5-10(9)8-11/h2-7,10,12H,8H2,1H3/t10-/m1/s1. The molecule has 1 N–H and O–H groups in total. The second-order valence-electron chi connectivity index (χ2n) is 3.16. The smallest absolute Gasteiger partial charge is 0.0113 e. The van der Waals surface area contributed by atoms with Crippen LogP contribution in [0.15, 0.2) is 47.7 Å². The van der Waals surface area contributed by atoms with Crippen molar-refractivity contribution in [3.63, 3.8) is 0 Å². The van der Waals surface area contributed by atoms with Gasteiger partial charge in [-0.05, 0) is 18.1 Å². The third-order valence-corrected chi connectivity index (χ3v) is 2.41. The predicted octanol–water partition coefficient (Wildman–Crippen LogP) is 2.16. The summed E-state index contributed by atoms with van der Waals surface area (Å²) in [6.45, 7) is 0. The van der Waals surface area contributed by atoms with Crippen LogP contribution in [0.3, 0.4) is 0 Å². The summed E-state index contributed by atoms with van der Waals surface area (Å²) >= 11 is 0. The Kier molecular flexibility index (Phi) is 1.86. The van der Waals surface area contributed by atoms with Gasteiger partial charge in [0, 0.05) is 18.7 Å². The molecule has 0 aromatic rings. The Labute approximate surface area is 73.2 Å². The molecule has 1 nitrogen and oxygen atoms in total. The van der Waals surface area contributed by atoms with Gasteiger partial charge in [0.25, 0.3) is 0 Å². The molecule has 0 saturated carbocycles.